The fourth-order valence-electron chi connectivity index (χ4n) is 1.29. The molecule has 13 heavy (non-hydrogen) atoms. The Bertz CT molecular complexity index is 286. The summed E-state index contributed by atoms with van der Waals surface area (Å²) in [6, 6.07) is 4.05. The number of hydrogen-bond acceptors (Lipinski definition) is 2. The average molecular weight is 178 g/mol. The van der Waals surface area contributed by atoms with Gasteiger partial charge in [0, 0.05) is 17.9 Å². The molecule has 0 aliphatic heterocycles. The Labute approximate surface area is 80.2 Å². The highest BCUT2D eigenvalue weighted by molar-refractivity contribution is 5.23. The van der Waals surface area contributed by atoms with Crippen molar-refractivity contribution >= 4 is 0 Å². The van der Waals surface area contributed by atoms with E-state index in [9.17, 15) is 0 Å². The molecule has 1 heterocycles. The predicted octanol–water partition coefficient (Wildman–Crippen LogP) is 2.44. The van der Waals surface area contributed by atoms with Crippen LogP contribution in [0.2, 0.25) is 0 Å². The molecule has 1 rings (SSSR count). The van der Waals surface area contributed by atoms with E-state index in [4.69, 9.17) is 5.73 Å². The number of aryl methyl sites for hydroxylation is 1. The lowest BCUT2D eigenvalue weighted by Crippen LogP contribution is -2.27. The normalized spacial score (nSPS) is 14.2. The molecular formula is C11H18N2. The summed E-state index contributed by atoms with van der Waals surface area (Å²) in [5, 5.41) is 0. The standard InChI is InChI=1S/C11H18N2/c1-8-9(6-5-7-13-8)10(12)11(2,3)4/h5-7,10H,12H2,1-4H3/t10-/m1/s1. The highest BCUT2D eigenvalue weighted by Crippen LogP contribution is 2.31. The lowest BCUT2D eigenvalue weighted by molar-refractivity contribution is 0.325. The maximum Gasteiger partial charge on any atom is 0.0420 e. The Morgan fingerprint density at radius 3 is 2.46 bits per heavy atom. The van der Waals surface area contributed by atoms with Gasteiger partial charge in [-0.15, -0.1) is 0 Å². The summed E-state index contributed by atoms with van der Waals surface area (Å²) in [6.07, 6.45) is 1.80. The van der Waals surface area contributed by atoms with Crippen molar-refractivity contribution in [2.24, 2.45) is 11.1 Å². The molecule has 0 aliphatic carbocycles. The molecule has 0 radical (unpaired) electrons. The number of aromatic nitrogens is 1. The van der Waals surface area contributed by atoms with Crippen LogP contribution in [0.3, 0.4) is 0 Å². The summed E-state index contributed by atoms with van der Waals surface area (Å²) in [5.74, 6) is 0. The SMILES string of the molecule is Cc1ncccc1[C@@H](N)C(C)(C)C. The van der Waals surface area contributed by atoms with E-state index in [2.05, 4.69) is 31.8 Å². The zero-order valence-corrected chi connectivity index (χ0v) is 8.83. The van der Waals surface area contributed by atoms with Gasteiger partial charge in [0.25, 0.3) is 0 Å². The van der Waals surface area contributed by atoms with E-state index in [0.717, 1.165) is 11.3 Å². The molecule has 0 unspecified atom stereocenters. The third-order valence-electron chi connectivity index (χ3n) is 2.32. The van der Waals surface area contributed by atoms with Crippen LogP contribution in [-0.2, 0) is 0 Å². The smallest absolute Gasteiger partial charge is 0.0420 e. The van der Waals surface area contributed by atoms with E-state index in [0.29, 0.717) is 0 Å². The number of rotatable bonds is 1. The number of pyridine rings is 1. The van der Waals surface area contributed by atoms with E-state index in [-0.39, 0.29) is 11.5 Å². The molecule has 1 aromatic heterocycles. The van der Waals surface area contributed by atoms with Gasteiger partial charge in [-0.3, -0.25) is 4.98 Å². The Kier molecular flexibility index (Phi) is 2.71. The van der Waals surface area contributed by atoms with E-state index < -0.39 is 0 Å². The Morgan fingerprint density at radius 2 is 2.00 bits per heavy atom. The van der Waals surface area contributed by atoms with Gasteiger partial charge >= 0.3 is 0 Å². The van der Waals surface area contributed by atoms with Crippen molar-refractivity contribution in [3.63, 3.8) is 0 Å². The molecule has 0 aromatic carbocycles. The van der Waals surface area contributed by atoms with E-state index in [1.54, 1.807) is 6.20 Å². The fraction of sp³-hybridized carbons (Fsp3) is 0.545. The largest absolute Gasteiger partial charge is 0.323 e. The summed E-state index contributed by atoms with van der Waals surface area (Å²) < 4.78 is 0. The first kappa shape index (κ1) is 10.2. The van der Waals surface area contributed by atoms with Crippen LogP contribution in [-0.4, -0.2) is 4.98 Å². The topological polar surface area (TPSA) is 38.9 Å². The first-order valence-electron chi connectivity index (χ1n) is 4.60. The molecule has 0 saturated carbocycles. The van der Waals surface area contributed by atoms with Gasteiger partial charge in [-0.2, -0.15) is 0 Å². The maximum atomic E-state index is 6.13. The Morgan fingerprint density at radius 1 is 1.38 bits per heavy atom. The zero-order valence-electron chi connectivity index (χ0n) is 8.83. The predicted molar refractivity (Wildman–Crippen MR) is 55.4 cm³/mol. The fourth-order valence-corrected chi connectivity index (χ4v) is 1.29. The summed E-state index contributed by atoms with van der Waals surface area (Å²) in [7, 11) is 0. The number of hydrogen-bond donors (Lipinski definition) is 1. The zero-order chi connectivity index (χ0) is 10.1. The average Bonchev–Trinajstić information content (AvgIpc) is 2.02. The molecule has 0 saturated heterocycles. The summed E-state index contributed by atoms with van der Waals surface area (Å²) in [6.45, 7) is 8.43. The van der Waals surface area contributed by atoms with Crippen molar-refractivity contribution in [2.75, 3.05) is 0 Å². The van der Waals surface area contributed by atoms with Gasteiger partial charge in [-0.25, -0.2) is 0 Å². The van der Waals surface area contributed by atoms with Gasteiger partial charge < -0.3 is 5.73 Å². The summed E-state index contributed by atoms with van der Waals surface area (Å²) in [5.41, 5.74) is 8.40. The van der Waals surface area contributed by atoms with Crippen molar-refractivity contribution in [1.82, 2.24) is 4.98 Å². The highest BCUT2D eigenvalue weighted by Gasteiger charge is 2.23. The quantitative estimate of drug-likeness (QED) is 0.717. The minimum absolute atomic E-state index is 0.0567. The third kappa shape index (κ3) is 2.28. The molecule has 0 amide bonds. The molecular weight excluding hydrogens is 160 g/mol. The summed E-state index contributed by atoms with van der Waals surface area (Å²) in [4.78, 5) is 4.23. The van der Waals surface area contributed by atoms with Crippen LogP contribution in [0.1, 0.15) is 38.1 Å². The number of nitrogens with zero attached hydrogens (tertiary/aromatic N) is 1. The van der Waals surface area contributed by atoms with Crippen LogP contribution in [0.4, 0.5) is 0 Å². The minimum atomic E-state index is 0.0567. The Hall–Kier alpha value is -0.890. The molecule has 0 bridgehead atoms. The van der Waals surface area contributed by atoms with E-state index >= 15 is 0 Å². The van der Waals surface area contributed by atoms with Crippen LogP contribution in [0.25, 0.3) is 0 Å². The molecule has 2 heteroatoms. The van der Waals surface area contributed by atoms with Crippen molar-refractivity contribution in [3.05, 3.63) is 29.6 Å². The second kappa shape index (κ2) is 3.46. The van der Waals surface area contributed by atoms with Crippen LogP contribution in [0, 0.1) is 12.3 Å². The molecule has 1 atom stereocenters. The second-order valence-corrected chi connectivity index (χ2v) is 4.52. The van der Waals surface area contributed by atoms with Crippen molar-refractivity contribution in [3.8, 4) is 0 Å². The molecule has 72 valence electrons. The van der Waals surface area contributed by atoms with Crippen LogP contribution < -0.4 is 5.73 Å². The van der Waals surface area contributed by atoms with Crippen LogP contribution in [0.5, 0.6) is 0 Å². The molecule has 0 spiro atoms. The number of nitrogens with two attached hydrogens (primary N) is 1. The van der Waals surface area contributed by atoms with Crippen LogP contribution in [0.15, 0.2) is 18.3 Å². The van der Waals surface area contributed by atoms with Gasteiger partial charge in [0.05, 0.1) is 0 Å². The van der Waals surface area contributed by atoms with Gasteiger partial charge in [0.2, 0.25) is 0 Å². The monoisotopic (exact) mass is 178 g/mol. The Balaban J connectivity index is 3.02. The van der Waals surface area contributed by atoms with Gasteiger partial charge in [-0.05, 0) is 24.0 Å². The molecule has 2 N–H and O–H groups in total. The molecule has 0 aliphatic rings. The van der Waals surface area contributed by atoms with Crippen molar-refractivity contribution < 1.29 is 0 Å². The van der Waals surface area contributed by atoms with Gasteiger partial charge in [0.1, 0.15) is 0 Å². The van der Waals surface area contributed by atoms with Gasteiger partial charge in [-0.1, -0.05) is 26.8 Å². The lowest BCUT2D eigenvalue weighted by atomic mass is 9.82. The van der Waals surface area contributed by atoms with E-state index in [1.807, 2.05) is 13.0 Å². The second-order valence-electron chi connectivity index (χ2n) is 4.52. The lowest BCUT2D eigenvalue weighted by Gasteiger charge is -2.28. The minimum Gasteiger partial charge on any atom is -0.323 e. The first-order valence-corrected chi connectivity index (χ1v) is 4.60. The molecule has 2 nitrogen and oxygen atoms in total. The summed E-state index contributed by atoms with van der Waals surface area (Å²) >= 11 is 0. The van der Waals surface area contributed by atoms with E-state index in [1.165, 1.54) is 0 Å². The first-order chi connectivity index (χ1) is 5.93. The third-order valence-corrected chi connectivity index (χ3v) is 2.32. The maximum absolute atomic E-state index is 6.13. The van der Waals surface area contributed by atoms with Crippen molar-refractivity contribution in [1.29, 1.82) is 0 Å². The molecule has 0 fully saturated rings. The van der Waals surface area contributed by atoms with Crippen LogP contribution >= 0.6 is 0 Å². The molecule has 1 aromatic rings. The van der Waals surface area contributed by atoms with Crippen molar-refractivity contribution in [2.45, 2.75) is 33.7 Å². The van der Waals surface area contributed by atoms with Gasteiger partial charge in [0.15, 0.2) is 0 Å². The highest BCUT2D eigenvalue weighted by atomic mass is 14.7.